The first-order valence-electron chi connectivity index (χ1n) is 7.60. The van der Waals surface area contributed by atoms with Gasteiger partial charge in [-0.15, -0.1) is 11.3 Å². The second-order valence-electron chi connectivity index (χ2n) is 5.30. The summed E-state index contributed by atoms with van der Waals surface area (Å²) in [4.78, 5) is 13.4. The summed E-state index contributed by atoms with van der Waals surface area (Å²) >= 11 is 1.52. The molecule has 0 unspecified atom stereocenters. The van der Waals surface area contributed by atoms with E-state index in [0.717, 1.165) is 22.6 Å². The van der Waals surface area contributed by atoms with E-state index in [1.54, 1.807) is 14.0 Å². The molecule has 0 spiro atoms. The monoisotopic (exact) mass is 342 g/mol. The number of nitrogens with zero attached hydrogens (tertiary/aromatic N) is 1. The van der Waals surface area contributed by atoms with Gasteiger partial charge in [0.25, 0.3) is 5.91 Å². The fourth-order valence-corrected chi connectivity index (χ4v) is 3.12. The third-order valence-electron chi connectivity index (χ3n) is 3.69. The standard InChI is InChI=1S/C18H18N2O3S/c1-12-16(17(23-20-12)15-4-3-11-24-15)18(21)19-10-9-13-5-7-14(22-2)8-6-13/h3-8,11H,9-10H2,1-2H3,(H,19,21). The number of nitrogens with one attached hydrogen (secondary N) is 1. The van der Waals surface area contributed by atoms with Gasteiger partial charge in [0, 0.05) is 6.54 Å². The summed E-state index contributed by atoms with van der Waals surface area (Å²) in [6.07, 6.45) is 0.744. The van der Waals surface area contributed by atoms with Crippen LogP contribution in [0.3, 0.4) is 0 Å². The van der Waals surface area contributed by atoms with E-state index in [1.165, 1.54) is 11.3 Å². The number of thiophene rings is 1. The topological polar surface area (TPSA) is 64.4 Å². The molecule has 3 aromatic rings. The van der Waals surface area contributed by atoms with Crippen molar-refractivity contribution in [3.8, 4) is 16.4 Å². The third-order valence-corrected chi connectivity index (χ3v) is 4.56. The Hall–Kier alpha value is -2.60. The summed E-state index contributed by atoms with van der Waals surface area (Å²) in [6, 6.07) is 11.6. The predicted octanol–water partition coefficient (Wildman–Crippen LogP) is 3.69. The van der Waals surface area contributed by atoms with Gasteiger partial charge in [0.15, 0.2) is 5.76 Å². The van der Waals surface area contributed by atoms with E-state index in [-0.39, 0.29) is 5.91 Å². The lowest BCUT2D eigenvalue weighted by Gasteiger charge is -2.06. The van der Waals surface area contributed by atoms with Crippen molar-refractivity contribution in [2.45, 2.75) is 13.3 Å². The summed E-state index contributed by atoms with van der Waals surface area (Å²) in [5, 5.41) is 8.82. The number of carbonyl (C=O) groups excluding carboxylic acids is 1. The van der Waals surface area contributed by atoms with Gasteiger partial charge in [-0.05, 0) is 42.5 Å². The van der Waals surface area contributed by atoms with E-state index < -0.39 is 0 Å². The number of benzene rings is 1. The highest BCUT2D eigenvalue weighted by Gasteiger charge is 2.22. The number of aryl methyl sites for hydroxylation is 1. The molecule has 1 N–H and O–H groups in total. The normalized spacial score (nSPS) is 10.6. The number of ether oxygens (including phenoxy) is 1. The van der Waals surface area contributed by atoms with E-state index in [0.29, 0.717) is 23.6 Å². The average molecular weight is 342 g/mol. The molecule has 124 valence electrons. The smallest absolute Gasteiger partial charge is 0.257 e. The summed E-state index contributed by atoms with van der Waals surface area (Å²) in [5.41, 5.74) is 2.24. The van der Waals surface area contributed by atoms with E-state index >= 15 is 0 Å². The van der Waals surface area contributed by atoms with Gasteiger partial charge in [0.05, 0.1) is 17.7 Å². The van der Waals surface area contributed by atoms with Gasteiger partial charge in [-0.2, -0.15) is 0 Å². The Morgan fingerprint density at radius 3 is 2.75 bits per heavy atom. The van der Waals surface area contributed by atoms with Gasteiger partial charge < -0.3 is 14.6 Å². The average Bonchev–Trinajstić information content (AvgIpc) is 3.24. The fraction of sp³-hybridized carbons (Fsp3) is 0.222. The SMILES string of the molecule is COc1ccc(CCNC(=O)c2c(C)noc2-c2cccs2)cc1. The zero-order valence-electron chi connectivity index (χ0n) is 13.5. The molecule has 1 amide bonds. The Morgan fingerprint density at radius 1 is 1.29 bits per heavy atom. The van der Waals surface area contributed by atoms with Crippen molar-refractivity contribution in [2.75, 3.05) is 13.7 Å². The molecule has 0 saturated heterocycles. The number of carbonyl (C=O) groups is 1. The number of hydrogen-bond acceptors (Lipinski definition) is 5. The maximum absolute atomic E-state index is 12.5. The number of rotatable bonds is 6. The van der Waals surface area contributed by atoms with E-state index in [2.05, 4.69) is 10.5 Å². The Labute approximate surface area is 144 Å². The molecule has 0 aliphatic heterocycles. The van der Waals surface area contributed by atoms with Crippen LogP contribution in [0.4, 0.5) is 0 Å². The second-order valence-corrected chi connectivity index (χ2v) is 6.25. The van der Waals surface area contributed by atoms with Gasteiger partial charge in [-0.3, -0.25) is 4.79 Å². The molecule has 0 bridgehead atoms. The van der Waals surface area contributed by atoms with Crippen molar-refractivity contribution in [3.05, 3.63) is 58.6 Å². The lowest BCUT2D eigenvalue weighted by molar-refractivity contribution is 0.0954. The lowest BCUT2D eigenvalue weighted by atomic mass is 10.1. The molecule has 2 heterocycles. The van der Waals surface area contributed by atoms with Crippen LogP contribution >= 0.6 is 11.3 Å². The van der Waals surface area contributed by atoms with E-state index in [9.17, 15) is 4.79 Å². The molecule has 0 fully saturated rings. The summed E-state index contributed by atoms with van der Waals surface area (Å²) < 4.78 is 10.5. The number of amides is 1. The quantitative estimate of drug-likeness (QED) is 0.742. The first-order chi connectivity index (χ1) is 11.7. The molecular weight excluding hydrogens is 324 g/mol. The van der Waals surface area contributed by atoms with Gasteiger partial charge in [0.1, 0.15) is 11.3 Å². The van der Waals surface area contributed by atoms with Crippen molar-refractivity contribution < 1.29 is 14.1 Å². The van der Waals surface area contributed by atoms with Crippen LogP contribution in [0.15, 0.2) is 46.3 Å². The molecule has 0 saturated carbocycles. The van der Waals surface area contributed by atoms with Crippen molar-refractivity contribution in [3.63, 3.8) is 0 Å². The minimum absolute atomic E-state index is 0.161. The van der Waals surface area contributed by atoms with E-state index in [1.807, 2.05) is 41.8 Å². The van der Waals surface area contributed by atoms with Crippen LogP contribution < -0.4 is 10.1 Å². The van der Waals surface area contributed by atoms with Gasteiger partial charge in [-0.25, -0.2) is 0 Å². The number of methoxy groups -OCH3 is 1. The first kappa shape index (κ1) is 16.3. The minimum Gasteiger partial charge on any atom is -0.497 e. The van der Waals surface area contributed by atoms with Gasteiger partial charge >= 0.3 is 0 Å². The highest BCUT2D eigenvalue weighted by atomic mass is 32.1. The Kier molecular flexibility index (Phi) is 4.96. The first-order valence-corrected chi connectivity index (χ1v) is 8.48. The molecule has 24 heavy (non-hydrogen) atoms. The molecule has 5 nitrogen and oxygen atoms in total. The molecule has 0 aliphatic rings. The second kappa shape index (κ2) is 7.31. The lowest BCUT2D eigenvalue weighted by Crippen LogP contribution is -2.26. The highest BCUT2D eigenvalue weighted by molar-refractivity contribution is 7.13. The van der Waals surface area contributed by atoms with Gasteiger partial charge in [0.2, 0.25) is 0 Å². The van der Waals surface area contributed by atoms with Crippen molar-refractivity contribution in [1.82, 2.24) is 10.5 Å². The number of aromatic nitrogens is 1. The Bertz CT molecular complexity index is 807. The Morgan fingerprint density at radius 2 is 2.08 bits per heavy atom. The van der Waals surface area contributed by atoms with Crippen LogP contribution in [0.2, 0.25) is 0 Å². The van der Waals surface area contributed by atoms with Crippen molar-refractivity contribution in [1.29, 1.82) is 0 Å². The van der Waals surface area contributed by atoms with Crippen LogP contribution in [-0.2, 0) is 6.42 Å². The molecule has 0 radical (unpaired) electrons. The maximum atomic E-state index is 12.5. The van der Waals surface area contributed by atoms with Gasteiger partial charge in [-0.1, -0.05) is 23.4 Å². The summed E-state index contributed by atoms with van der Waals surface area (Å²) in [6.45, 7) is 2.32. The molecule has 1 aromatic carbocycles. The van der Waals surface area contributed by atoms with Crippen LogP contribution in [0.5, 0.6) is 5.75 Å². The maximum Gasteiger partial charge on any atom is 0.257 e. The molecule has 0 atom stereocenters. The number of hydrogen-bond donors (Lipinski definition) is 1. The summed E-state index contributed by atoms with van der Waals surface area (Å²) in [7, 11) is 1.64. The zero-order valence-corrected chi connectivity index (χ0v) is 14.4. The van der Waals surface area contributed by atoms with E-state index in [4.69, 9.17) is 9.26 Å². The van der Waals surface area contributed by atoms with Crippen molar-refractivity contribution >= 4 is 17.2 Å². The largest absolute Gasteiger partial charge is 0.497 e. The fourth-order valence-electron chi connectivity index (χ4n) is 2.41. The predicted molar refractivity (Wildman–Crippen MR) is 93.6 cm³/mol. The zero-order chi connectivity index (χ0) is 16.9. The van der Waals surface area contributed by atoms with Crippen LogP contribution in [0.1, 0.15) is 21.6 Å². The van der Waals surface area contributed by atoms with Crippen molar-refractivity contribution in [2.24, 2.45) is 0 Å². The third kappa shape index (κ3) is 3.49. The molecule has 2 aromatic heterocycles. The molecular formula is C18H18N2O3S. The molecule has 6 heteroatoms. The summed E-state index contributed by atoms with van der Waals surface area (Å²) in [5.74, 6) is 1.19. The Balaban J connectivity index is 1.64. The van der Waals surface area contributed by atoms with Crippen LogP contribution in [0.25, 0.3) is 10.6 Å². The highest BCUT2D eigenvalue weighted by Crippen LogP contribution is 2.29. The molecule has 0 aliphatic carbocycles. The van der Waals surface area contributed by atoms with Crippen LogP contribution in [-0.4, -0.2) is 24.7 Å². The van der Waals surface area contributed by atoms with Crippen LogP contribution in [0, 0.1) is 6.92 Å². The molecule has 3 rings (SSSR count). The minimum atomic E-state index is -0.161.